The van der Waals surface area contributed by atoms with Gasteiger partial charge in [0.1, 0.15) is 5.75 Å². The monoisotopic (exact) mass is 355 g/mol. The molecule has 116 valence electrons. The molecule has 6 nitrogen and oxygen atoms in total. The number of methoxy groups -OCH3 is 1. The molecule has 0 unspecified atom stereocenters. The molecular formula is C13H13N3O3S3. The van der Waals surface area contributed by atoms with Crippen LogP contribution in [0.25, 0.3) is 10.2 Å². The van der Waals surface area contributed by atoms with Crippen LogP contribution in [0.2, 0.25) is 0 Å². The fraction of sp³-hybridized carbons (Fsp3) is 0.231. The van der Waals surface area contributed by atoms with Crippen molar-refractivity contribution in [3.63, 3.8) is 0 Å². The van der Waals surface area contributed by atoms with E-state index in [1.165, 1.54) is 11.3 Å². The second kappa shape index (κ2) is 5.82. The SMILES string of the molecule is COc1ccc2nc(NC(=S)NC3=CCS(=O)(=O)C3)sc2c1. The normalized spacial score (nSPS) is 16.3. The third-order valence-electron chi connectivity index (χ3n) is 3.05. The van der Waals surface area contributed by atoms with E-state index in [1.807, 2.05) is 18.2 Å². The van der Waals surface area contributed by atoms with Gasteiger partial charge in [-0.25, -0.2) is 13.4 Å². The van der Waals surface area contributed by atoms with Crippen LogP contribution >= 0.6 is 23.6 Å². The molecule has 1 aromatic heterocycles. The lowest BCUT2D eigenvalue weighted by Gasteiger charge is -2.07. The first-order valence-electron chi connectivity index (χ1n) is 6.37. The second-order valence-corrected chi connectivity index (χ2v) is 8.26. The first kappa shape index (κ1) is 15.2. The summed E-state index contributed by atoms with van der Waals surface area (Å²) in [4.78, 5) is 4.42. The van der Waals surface area contributed by atoms with Gasteiger partial charge in [-0.3, -0.25) is 0 Å². The standard InChI is InChI=1S/C13H13N3O3S3/c1-19-9-2-3-10-11(6-9)21-13(15-10)16-12(20)14-8-4-5-22(17,18)7-8/h2-4,6H,5,7H2,1H3,(H2,14,15,16,20). The Morgan fingerprint density at radius 3 is 2.91 bits per heavy atom. The van der Waals surface area contributed by atoms with Crippen LogP contribution in [0.15, 0.2) is 30.0 Å². The molecule has 2 heterocycles. The van der Waals surface area contributed by atoms with Gasteiger partial charge < -0.3 is 15.4 Å². The molecule has 3 rings (SSSR count). The molecule has 0 saturated heterocycles. The van der Waals surface area contributed by atoms with Gasteiger partial charge in [0.05, 0.1) is 28.8 Å². The minimum absolute atomic E-state index is 0.00807. The predicted molar refractivity (Wildman–Crippen MR) is 92.3 cm³/mol. The number of ether oxygens (including phenoxy) is 1. The number of fused-ring (bicyclic) bond motifs is 1. The van der Waals surface area contributed by atoms with Gasteiger partial charge in [-0.15, -0.1) is 0 Å². The average molecular weight is 355 g/mol. The summed E-state index contributed by atoms with van der Waals surface area (Å²) in [5.41, 5.74) is 1.44. The molecule has 0 fully saturated rings. The molecule has 2 N–H and O–H groups in total. The Bertz CT molecular complexity index is 871. The summed E-state index contributed by atoms with van der Waals surface area (Å²) < 4.78 is 28.9. The number of anilines is 1. The van der Waals surface area contributed by atoms with E-state index in [0.29, 0.717) is 15.9 Å². The highest BCUT2D eigenvalue weighted by Gasteiger charge is 2.20. The maximum atomic E-state index is 11.4. The number of nitrogens with zero attached hydrogens (tertiary/aromatic N) is 1. The summed E-state index contributed by atoms with van der Waals surface area (Å²) in [7, 11) is -1.40. The molecular weight excluding hydrogens is 342 g/mol. The summed E-state index contributed by atoms with van der Waals surface area (Å²) in [5.74, 6) is 0.815. The first-order chi connectivity index (χ1) is 10.4. The van der Waals surface area contributed by atoms with Crippen LogP contribution in [0.3, 0.4) is 0 Å². The van der Waals surface area contributed by atoms with Crippen molar-refractivity contribution in [2.75, 3.05) is 23.9 Å². The number of aromatic nitrogens is 1. The number of thiazole rings is 1. The van der Waals surface area contributed by atoms with Crippen molar-refractivity contribution in [2.45, 2.75) is 0 Å². The van der Waals surface area contributed by atoms with E-state index in [0.717, 1.165) is 16.0 Å². The highest BCUT2D eigenvalue weighted by Crippen LogP contribution is 2.29. The zero-order chi connectivity index (χ0) is 15.7. The van der Waals surface area contributed by atoms with E-state index in [4.69, 9.17) is 17.0 Å². The summed E-state index contributed by atoms with van der Waals surface area (Å²) >= 11 is 6.63. The van der Waals surface area contributed by atoms with Gasteiger partial charge in [0.15, 0.2) is 20.1 Å². The number of rotatable bonds is 3. The van der Waals surface area contributed by atoms with Crippen molar-refractivity contribution in [3.05, 3.63) is 30.0 Å². The van der Waals surface area contributed by atoms with Crippen molar-refractivity contribution in [1.29, 1.82) is 0 Å². The zero-order valence-corrected chi connectivity index (χ0v) is 14.1. The molecule has 0 radical (unpaired) electrons. The quantitative estimate of drug-likeness (QED) is 0.814. The van der Waals surface area contributed by atoms with Gasteiger partial charge >= 0.3 is 0 Å². The van der Waals surface area contributed by atoms with Crippen molar-refractivity contribution in [3.8, 4) is 5.75 Å². The molecule has 0 bridgehead atoms. The Morgan fingerprint density at radius 1 is 1.41 bits per heavy atom. The van der Waals surface area contributed by atoms with Gasteiger partial charge in [-0.1, -0.05) is 11.3 Å². The second-order valence-electron chi connectivity index (χ2n) is 4.72. The Hall–Kier alpha value is -1.71. The number of thiocarbonyl (C=S) groups is 1. The van der Waals surface area contributed by atoms with Crippen LogP contribution in [-0.4, -0.2) is 37.1 Å². The number of benzene rings is 1. The van der Waals surface area contributed by atoms with Crippen molar-refractivity contribution in [1.82, 2.24) is 10.3 Å². The summed E-state index contributed by atoms with van der Waals surface area (Å²) in [6.45, 7) is 0. The smallest absolute Gasteiger partial charge is 0.190 e. The van der Waals surface area contributed by atoms with Crippen LogP contribution < -0.4 is 15.4 Å². The molecule has 2 aromatic rings. The van der Waals surface area contributed by atoms with Crippen LogP contribution in [0.1, 0.15) is 0 Å². The van der Waals surface area contributed by atoms with Gasteiger partial charge in [-0.2, -0.15) is 0 Å². The van der Waals surface area contributed by atoms with E-state index in [-0.39, 0.29) is 11.5 Å². The van der Waals surface area contributed by atoms with Crippen LogP contribution in [-0.2, 0) is 9.84 Å². The van der Waals surface area contributed by atoms with Crippen LogP contribution in [0, 0.1) is 0 Å². The fourth-order valence-electron chi connectivity index (χ4n) is 2.03. The van der Waals surface area contributed by atoms with E-state index < -0.39 is 9.84 Å². The lowest BCUT2D eigenvalue weighted by Crippen LogP contribution is -2.28. The van der Waals surface area contributed by atoms with Crippen molar-refractivity contribution >= 4 is 53.9 Å². The molecule has 9 heteroatoms. The van der Waals surface area contributed by atoms with Crippen molar-refractivity contribution < 1.29 is 13.2 Å². The Labute approximate surface area is 137 Å². The lowest BCUT2D eigenvalue weighted by molar-refractivity contribution is 0.415. The average Bonchev–Trinajstić information content (AvgIpc) is 2.99. The largest absolute Gasteiger partial charge is 0.497 e. The molecule has 22 heavy (non-hydrogen) atoms. The Morgan fingerprint density at radius 2 is 2.23 bits per heavy atom. The molecule has 0 aliphatic carbocycles. The molecule has 0 atom stereocenters. The fourth-order valence-corrected chi connectivity index (χ4v) is 4.46. The van der Waals surface area contributed by atoms with E-state index in [2.05, 4.69) is 15.6 Å². The van der Waals surface area contributed by atoms with Crippen LogP contribution in [0.5, 0.6) is 5.75 Å². The van der Waals surface area contributed by atoms with Gasteiger partial charge in [0.2, 0.25) is 0 Å². The van der Waals surface area contributed by atoms with Gasteiger partial charge in [0, 0.05) is 5.70 Å². The zero-order valence-electron chi connectivity index (χ0n) is 11.6. The molecule has 1 aliphatic rings. The van der Waals surface area contributed by atoms with Gasteiger partial charge in [-0.05, 0) is 36.5 Å². The summed E-state index contributed by atoms with van der Waals surface area (Å²) in [5, 5.41) is 6.84. The summed E-state index contributed by atoms with van der Waals surface area (Å²) in [6, 6.07) is 5.62. The minimum Gasteiger partial charge on any atom is -0.497 e. The molecule has 0 amide bonds. The number of nitrogens with one attached hydrogen (secondary N) is 2. The van der Waals surface area contributed by atoms with Crippen LogP contribution in [0.4, 0.5) is 5.13 Å². The topological polar surface area (TPSA) is 80.3 Å². The number of hydrogen-bond donors (Lipinski definition) is 2. The van der Waals surface area contributed by atoms with E-state index >= 15 is 0 Å². The third kappa shape index (κ3) is 3.37. The maximum absolute atomic E-state index is 11.4. The van der Waals surface area contributed by atoms with Gasteiger partial charge in [0.25, 0.3) is 0 Å². The summed E-state index contributed by atoms with van der Waals surface area (Å²) in [6.07, 6.45) is 1.63. The Kier molecular flexibility index (Phi) is 4.02. The first-order valence-corrected chi connectivity index (χ1v) is 9.42. The molecule has 0 spiro atoms. The number of sulfone groups is 1. The minimum atomic E-state index is -3.01. The van der Waals surface area contributed by atoms with E-state index in [9.17, 15) is 8.42 Å². The highest BCUT2D eigenvalue weighted by atomic mass is 32.2. The molecule has 0 saturated carbocycles. The molecule has 1 aliphatic heterocycles. The Balaban J connectivity index is 1.69. The highest BCUT2D eigenvalue weighted by molar-refractivity contribution is 7.92. The maximum Gasteiger partial charge on any atom is 0.190 e. The molecule has 1 aromatic carbocycles. The predicted octanol–water partition coefficient (Wildman–Crippen LogP) is 1.90. The number of hydrogen-bond acceptors (Lipinski definition) is 6. The lowest BCUT2D eigenvalue weighted by atomic mass is 10.3. The van der Waals surface area contributed by atoms with Crippen molar-refractivity contribution in [2.24, 2.45) is 0 Å². The third-order valence-corrected chi connectivity index (χ3v) is 5.61. The van der Waals surface area contributed by atoms with E-state index in [1.54, 1.807) is 13.2 Å².